The van der Waals surface area contributed by atoms with E-state index in [9.17, 15) is 4.79 Å². The van der Waals surface area contributed by atoms with Gasteiger partial charge in [-0.3, -0.25) is 4.79 Å². The lowest BCUT2D eigenvalue weighted by Crippen LogP contribution is -2.35. The van der Waals surface area contributed by atoms with Crippen LogP contribution in [0.1, 0.15) is 22.3 Å². The highest BCUT2D eigenvalue weighted by Gasteiger charge is 2.19. The number of carbonyl (C=O) groups excluding carboxylic acids is 1. The number of nitrogen functional groups attached to an aromatic ring is 1. The number of nitrogens with one attached hydrogen (secondary N) is 1. The first kappa shape index (κ1) is 11.0. The summed E-state index contributed by atoms with van der Waals surface area (Å²) >= 11 is 0. The van der Waals surface area contributed by atoms with E-state index in [-0.39, 0.29) is 11.9 Å². The van der Waals surface area contributed by atoms with E-state index in [0.29, 0.717) is 24.5 Å². The van der Waals surface area contributed by atoms with Gasteiger partial charge in [0.2, 0.25) is 0 Å². The van der Waals surface area contributed by atoms with E-state index >= 15 is 0 Å². The molecule has 3 N–H and O–H groups in total. The Hall–Kier alpha value is -1.55. The van der Waals surface area contributed by atoms with Crippen molar-refractivity contribution in [2.24, 2.45) is 0 Å². The monoisotopic (exact) mass is 220 g/mol. The largest absolute Gasteiger partial charge is 0.398 e. The van der Waals surface area contributed by atoms with Gasteiger partial charge in [-0.05, 0) is 31.0 Å². The minimum atomic E-state index is -0.118. The average Bonchev–Trinajstić information content (AvgIpc) is 2.70. The van der Waals surface area contributed by atoms with Gasteiger partial charge < -0.3 is 15.8 Å². The van der Waals surface area contributed by atoms with Crippen LogP contribution in [-0.4, -0.2) is 25.2 Å². The van der Waals surface area contributed by atoms with Crippen molar-refractivity contribution in [2.75, 3.05) is 18.9 Å². The van der Waals surface area contributed by atoms with E-state index in [0.717, 1.165) is 12.0 Å². The highest BCUT2D eigenvalue weighted by molar-refractivity contribution is 5.99. The summed E-state index contributed by atoms with van der Waals surface area (Å²) in [6.45, 7) is 3.26. The lowest BCUT2D eigenvalue weighted by atomic mass is 10.1. The third kappa shape index (κ3) is 2.33. The molecule has 0 bridgehead atoms. The van der Waals surface area contributed by atoms with Crippen LogP contribution in [0.4, 0.5) is 5.69 Å². The van der Waals surface area contributed by atoms with E-state index in [1.165, 1.54) is 0 Å². The Bertz CT molecular complexity index is 398. The fraction of sp³-hybridized carbons (Fsp3) is 0.417. The Morgan fingerprint density at radius 2 is 2.38 bits per heavy atom. The Morgan fingerprint density at radius 1 is 1.56 bits per heavy atom. The molecule has 1 heterocycles. The maximum atomic E-state index is 11.9. The summed E-state index contributed by atoms with van der Waals surface area (Å²) in [7, 11) is 0. The summed E-state index contributed by atoms with van der Waals surface area (Å²) < 4.78 is 5.20. The molecule has 16 heavy (non-hydrogen) atoms. The van der Waals surface area contributed by atoms with Gasteiger partial charge in [0.25, 0.3) is 5.91 Å². The zero-order valence-electron chi connectivity index (χ0n) is 9.32. The van der Waals surface area contributed by atoms with Crippen LogP contribution in [0.15, 0.2) is 18.2 Å². The first-order chi connectivity index (χ1) is 7.66. The molecule has 1 fully saturated rings. The van der Waals surface area contributed by atoms with Gasteiger partial charge in [-0.15, -0.1) is 0 Å². The summed E-state index contributed by atoms with van der Waals surface area (Å²) in [6, 6.07) is 5.57. The maximum absolute atomic E-state index is 11.9. The molecule has 86 valence electrons. The van der Waals surface area contributed by atoms with Gasteiger partial charge in [0.1, 0.15) is 0 Å². The van der Waals surface area contributed by atoms with Crippen molar-refractivity contribution in [1.29, 1.82) is 0 Å². The molecule has 1 aliphatic heterocycles. The van der Waals surface area contributed by atoms with E-state index in [1.54, 1.807) is 12.1 Å². The van der Waals surface area contributed by atoms with E-state index < -0.39 is 0 Å². The number of ether oxygens (including phenoxy) is 1. The number of rotatable bonds is 2. The number of nitrogens with two attached hydrogens (primary N) is 1. The van der Waals surface area contributed by atoms with Gasteiger partial charge in [0.05, 0.1) is 18.2 Å². The van der Waals surface area contributed by atoms with Gasteiger partial charge in [-0.1, -0.05) is 6.07 Å². The van der Waals surface area contributed by atoms with Crippen molar-refractivity contribution in [3.05, 3.63) is 29.3 Å². The molecule has 4 nitrogen and oxygen atoms in total. The molecule has 1 saturated heterocycles. The van der Waals surface area contributed by atoms with Crippen LogP contribution >= 0.6 is 0 Å². The van der Waals surface area contributed by atoms with Crippen LogP contribution in [0.5, 0.6) is 0 Å². The number of carbonyl (C=O) groups is 1. The standard InChI is InChI=1S/C12H16N2O2/c1-8-2-3-10(11(13)6-8)12(15)14-9-4-5-16-7-9/h2-3,6,9H,4-5,7,13H2,1H3,(H,14,15). The number of hydrogen-bond acceptors (Lipinski definition) is 3. The molecule has 1 unspecified atom stereocenters. The highest BCUT2D eigenvalue weighted by Crippen LogP contribution is 2.14. The molecule has 4 heteroatoms. The lowest BCUT2D eigenvalue weighted by molar-refractivity contribution is 0.0931. The molecule has 0 aliphatic carbocycles. The van der Waals surface area contributed by atoms with Gasteiger partial charge in [0.15, 0.2) is 0 Å². The first-order valence-corrected chi connectivity index (χ1v) is 5.41. The van der Waals surface area contributed by atoms with Crippen molar-refractivity contribution < 1.29 is 9.53 Å². The Labute approximate surface area is 94.8 Å². The summed E-state index contributed by atoms with van der Waals surface area (Å²) in [6.07, 6.45) is 0.873. The summed E-state index contributed by atoms with van der Waals surface area (Å²) in [5.41, 5.74) is 7.92. The van der Waals surface area contributed by atoms with Gasteiger partial charge in [-0.25, -0.2) is 0 Å². The predicted molar refractivity (Wildman–Crippen MR) is 62.3 cm³/mol. The molecule has 0 radical (unpaired) electrons. The lowest BCUT2D eigenvalue weighted by Gasteiger charge is -2.12. The minimum Gasteiger partial charge on any atom is -0.398 e. The summed E-state index contributed by atoms with van der Waals surface area (Å²) in [5, 5.41) is 2.91. The quantitative estimate of drug-likeness (QED) is 0.733. The summed E-state index contributed by atoms with van der Waals surface area (Å²) in [5.74, 6) is -0.118. The molecule has 1 aliphatic rings. The van der Waals surface area contributed by atoms with E-state index in [1.807, 2.05) is 13.0 Å². The van der Waals surface area contributed by atoms with Crippen molar-refractivity contribution in [1.82, 2.24) is 5.32 Å². The molecule has 2 rings (SSSR count). The number of benzene rings is 1. The molecule has 1 amide bonds. The third-order valence-corrected chi connectivity index (χ3v) is 2.72. The molecule has 0 aromatic heterocycles. The predicted octanol–water partition coefficient (Wildman–Crippen LogP) is 1.10. The summed E-state index contributed by atoms with van der Waals surface area (Å²) in [4.78, 5) is 11.9. The van der Waals surface area contributed by atoms with Crippen molar-refractivity contribution in [2.45, 2.75) is 19.4 Å². The second kappa shape index (κ2) is 4.53. The molecule has 0 saturated carbocycles. The minimum absolute atomic E-state index is 0.118. The maximum Gasteiger partial charge on any atom is 0.253 e. The van der Waals surface area contributed by atoms with Crippen LogP contribution < -0.4 is 11.1 Å². The molecule has 1 aromatic carbocycles. The second-order valence-corrected chi connectivity index (χ2v) is 4.12. The van der Waals surface area contributed by atoms with Crippen LogP contribution in [-0.2, 0) is 4.74 Å². The van der Waals surface area contributed by atoms with Gasteiger partial charge in [-0.2, -0.15) is 0 Å². The Morgan fingerprint density at radius 3 is 3.00 bits per heavy atom. The fourth-order valence-electron chi connectivity index (χ4n) is 1.80. The molecular weight excluding hydrogens is 204 g/mol. The third-order valence-electron chi connectivity index (χ3n) is 2.72. The molecule has 1 aromatic rings. The van der Waals surface area contributed by atoms with Crippen LogP contribution in [0.2, 0.25) is 0 Å². The van der Waals surface area contributed by atoms with Crippen LogP contribution in [0.25, 0.3) is 0 Å². The number of hydrogen-bond donors (Lipinski definition) is 2. The van der Waals surface area contributed by atoms with Gasteiger partial charge in [0, 0.05) is 12.3 Å². The van der Waals surface area contributed by atoms with Crippen LogP contribution in [0.3, 0.4) is 0 Å². The number of aryl methyl sites for hydroxylation is 1. The van der Waals surface area contributed by atoms with Crippen molar-refractivity contribution >= 4 is 11.6 Å². The van der Waals surface area contributed by atoms with Gasteiger partial charge >= 0.3 is 0 Å². The Kier molecular flexibility index (Phi) is 3.10. The zero-order valence-corrected chi connectivity index (χ0v) is 9.32. The second-order valence-electron chi connectivity index (χ2n) is 4.12. The number of anilines is 1. The average molecular weight is 220 g/mol. The fourth-order valence-corrected chi connectivity index (χ4v) is 1.80. The zero-order chi connectivity index (χ0) is 11.5. The highest BCUT2D eigenvalue weighted by atomic mass is 16.5. The normalized spacial score (nSPS) is 19.7. The number of amides is 1. The van der Waals surface area contributed by atoms with Crippen LogP contribution in [0, 0.1) is 6.92 Å². The topological polar surface area (TPSA) is 64.3 Å². The van der Waals surface area contributed by atoms with E-state index in [2.05, 4.69) is 5.32 Å². The molecule has 1 atom stereocenters. The van der Waals surface area contributed by atoms with Crippen molar-refractivity contribution in [3.8, 4) is 0 Å². The van der Waals surface area contributed by atoms with E-state index in [4.69, 9.17) is 10.5 Å². The smallest absolute Gasteiger partial charge is 0.253 e. The molecule has 0 spiro atoms. The Balaban J connectivity index is 2.08. The molecular formula is C12H16N2O2. The SMILES string of the molecule is Cc1ccc(C(=O)NC2CCOC2)c(N)c1. The van der Waals surface area contributed by atoms with Crippen molar-refractivity contribution in [3.63, 3.8) is 0 Å². The first-order valence-electron chi connectivity index (χ1n) is 5.41.